The lowest BCUT2D eigenvalue weighted by Gasteiger charge is -2.25. The van der Waals surface area contributed by atoms with Crippen LogP contribution in [-0.2, 0) is 14.8 Å². The summed E-state index contributed by atoms with van der Waals surface area (Å²) in [7, 11) is -3.49. The number of nitrogens with zero attached hydrogens (tertiary/aromatic N) is 1. The van der Waals surface area contributed by atoms with Crippen LogP contribution in [0.4, 0.5) is 5.69 Å². The smallest absolute Gasteiger partial charge is 0.232 e. The topological polar surface area (TPSA) is 66.5 Å². The summed E-state index contributed by atoms with van der Waals surface area (Å²) in [4.78, 5) is 12.6. The van der Waals surface area contributed by atoms with Crippen molar-refractivity contribution in [1.82, 2.24) is 5.32 Å². The van der Waals surface area contributed by atoms with Crippen LogP contribution >= 0.6 is 11.6 Å². The molecular formula is C23H31ClN2O3S. The fourth-order valence-electron chi connectivity index (χ4n) is 3.40. The Kier molecular flexibility index (Phi) is 8.74. The molecule has 2 aromatic rings. The number of benzene rings is 2. The molecule has 1 atom stereocenters. The molecule has 2 aromatic carbocycles. The Balaban J connectivity index is 2.03. The molecule has 0 heterocycles. The first-order valence-electron chi connectivity index (χ1n) is 10.2. The van der Waals surface area contributed by atoms with Gasteiger partial charge in [0.2, 0.25) is 15.9 Å². The van der Waals surface area contributed by atoms with Gasteiger partial charge >= 0.3 is 0 Å². The van der Waals surface area contributed by atoms with E-state index >= 15 is 0 Å². The molecule has 0 bridgehead atoms. The number of carbonyl (C=O) groups excluding carboxylic acids is 1. The quantitative estimate of drug-likeness (QED) is 0.547. The number of carbonyl (C=O) groups is 1. The zero-order chi connectivity index (χ0) is 22.3. The van der Waals surface area contributed by atoms with Gasteiger partial charge in [-0.3, -0.25) is 9.10 Å². The minimum atomic E-state index is -3.49. The highest BCUT2D eigenvalue weighted by Crippen LogP contribution is 2.27. The first-order valence-corrected chi connectivity index (χ1v) is 12.4. The number of sulfonamides is 1. The largest absolute Gasteiger partial charge is 0.349 e. The van der Waals surface area contributed by atoms with E-state index < -0.39 is 10.0 Å². The molecule has 1 amide bonds. The van der Waals surface area contributed by atoms with Crippen LogP contribution in [0.5, 0.6) is 0 Å². The van der Waals surface area contributed by atoms with E-state index in [0.717, 1.165) is 17.5 Å². The van der Waals surface area contributed by atoms with Gasteiger partial charge in [-0.1, -0.05) is 61.8 Å². The normalized spacial score (nSPS) is 12.6. The summed E-state index contributed by atoms with van der Waals surface area (Å²) in [5, 5.41) is 3.58. The molecule has 30 heavy (non-hydrogen) atoms. The third kappa shape index (κ3) is 7.33. The molecule has 0 saturated heterocycles. The molecular weight excluding hydrogens is 420 g/mol. The Bertz CT molecular complexity index is 946. The van der Waals surface area contributed by atoms with E-state index in [9.17, 15) is 13.2 Å². The second kappa shape index (κ2) is 10.8. The highest BCUT2D eigenvalue weighted by atomic mass is 35.5. The second-order valence-corrected chi connectivity index (χ2v) is 10.4. The first kappa shape index (κ1) is 24.2. The molecule has 0 fully saturated rings. The minimum absolute atomic E-state index is 0.0557. The van der Waals surface area contributed by atoms with Gasteiger partial charge in [-0.2, -0.15) is 0 Å². The Labute approximate surface area is 185 Å². The summed E-state index contributed by atoms with van der Waals surface area (Å²) in [5.74, 6) is 0.350. The van der Waals surface area contributed by atoms with Crippen molar-refractivity contribution in [1.29, 1.82) is 0 Å². The summed E-state index contributed by atoms with van der Waals surface area (Å²) in [6.45, 7) is 6.30. The van der Waals surface area contributed by atoms with Gasteiger partial charge < -0.3 is 5.32 Å². The molecule has 0 aliphatic rings. The van der Waals surface area contributed by atoms with Gasteiger partial charge in [-0.05, 0) is 48.9 Å². The summed E-state index contributed by atoms with van der Waals surface area (Å²) >= 11 is 6.07. The molecule has 1 N–H and O–H groups in total. The molecule has 0 aliphatic heterocycles. The Hall–Kier alpha value is -2.05. The minimum Gasteiger partial charge on any atom is -0.349 e. The zero-order valence-corrected chi connectivity index (χ0v) is 19.6. The van der Waals surface area contributed by atoms with Crippen LogP contribution in [0.25, 0.3) is 0 Å². The van der Waals surface area contributed by atoms with Crippen molar-refractivity contribution in [2.24, 2.45) is 5.92 Å². The van der Waals surface area contributed by atoms with Crippen LogP contribution in [0, 0.1) is 12.8 Å². The van der Waals surface area contributed by atoms with Crippen molar-refractivity contribution in [3.8, 4) is 0 Å². The molecule has 0 aliphatic carbocycles. The zero-order valence-electron chi connectivity index (χ0n) is 18.1. The number of aryl methyl sites for hydroxylation is 1. The lowest BCUT2D eigenvalue weighted by molar-refractivity contribution is -0.122. The molecule has 2 rings (SSSR count). The molecule has 0 aromatic heterocycles. The number of hydrogen-bond acceptors (Lipinski definition) is 3. The maximum atomic E-state index is 12.6. The molecule has 7 heteroatoms. The van der Waals surface area contributed by atoms with E-state index in [-0.39, 0.29) is 24.9 Å². The van der Waals surface area contributed by atoms with E-state index in [4.69, 9.17) is 11.6 Å². The molecule has 0 radical (unpaired) electrons. The van der Waals surface area contributed by atoms with Crippen molar-refractivity contribution in [2.45, 2.75) is 46.1 Å². The average molecular weight is 451 g/mol. The van der Waals surface area contributed by atoms with Gasteiger partial charge in [-0.15, -0.1) is 0 Å². The number of halogens is 1. The third-order valence-corrected chi connectivity index (χ3v) is 6.26. The van der Waals surface area contributed by atoms with Gasteiger partial charge in [0.25, 0.3) is 0 Å². The van der Waals surface area contributed by atoms with Crippen molar-refractivity contribution >= 4 is 33.2 Å². The average Bonchev–Trinajstić information content (AvgIpc) is 2.66. The van der Waals surface area contributed by atoms with Crippen LogP contribution < -0.4 is 9.62 Å². The standard InChI is InChI=1S/C23H31ClN2O3S/c1-17(2)15-21(19-9-6-5-7-10-19)25-23(27)11-8-14-26(30(4,28)29)22-16-20(24)13-12-18(22)3/h5-7,9-10,12-13,16-17,21H,8,11,14-15H2,1-4H3,(H,25,27). The predicted molar refractivity (Wildman–Crippen MR) is 124 cm³/mol. The fourth-order valence-corrected chi connectivity index (χ4v) is 4.58. The van der Waals surface area contributed by atoms with Crippen molar-refractivity contribution < 1.29 is 13.2 Å². The monoisotopic (exact) mass is 450 g/mol. The van der Waals surface area contributed by atoms with Gasteiger partial charge in [-0.25, -0.2) is 8.42 Å². The predicted octanol–water partition coefficient (Wildman–Crippen LogP) is 5.10. The Morgan fingerprint density at radius 3 is 2.40 bits per heavy atom. The van der Waals surface area contributed by atoms with Gasteiger partial charge in [0.05, 0.1) is 18.0 Å². The first-order chi connectivity index (χ1) is 14.1. The maximum absolute atomic E-state index is 12.6. The van der Waals surface area contributed by atoms with Crippen LogP contribution in [0.3, 0.4) is 0 Å². The van der Waals surface area contributed by atoms with E-state index in [1.807, 2.05) is 37.3 Å². The molecule has 1 unspecified atom stereocenters. The van der Waals surface area contributed by atoms with E-state index in [1.165, 1.54) is 10.6 Å². The Morgan fingerprint density at radius 1 is 1.13 bits per heavy atom. The number of amides is 1. The summed E-state index contributed by atoms with van der Waals surface area (Å²) in [6.07, 6.45) is 2.66. The van der Waals surface area contributed by atoms with Gasteiger partial charge in [0.15, 0.2) is 0 Å². The lowest BCUT2D eigenvalue weighted by atomic mass is 9.97. The van der Waals surface area contributed by atoms with E-state index in [1.54, 1.807) is 18.2 Å². The van der Waals surface area contributed by atoms with E-state index in [2.05, 4.69) is 19.2 Å². The van der Waals surface area contributed by atoms with Crippen LogP contribution in [0.15, 0.2) is 48.5 Å². The number of nitrogens with one attached hydrogen (secondary N) is 1. The van der Waals surface area contributed by atoms with Crippen molar-refractivity contribution in [3.05, 3.63) is 64.7 Å². The van der Waals surface area contributed by atoms with Crippen LogP contribution in [0.2, 0.25) is 5.02 Å². The van der Waals surface area contributed by atoms with E-state index in [0.29, 0.717) is 23.0 Å². The third-order valence-electron chi connectivity index (χ3n) is 4.85. The maximum Gasteiger partial charge on any atom is 0.232 e. The Morgan fingerprint density at radius 2 is 1.80 bits per heavy atom. The highest BCUT2D eigenvalue weighted by Gasteiger charge is 2.21. The van der Waals surface area contributed by atoms with Gasteiger partial charge in [0.1, 0.15) is 0 Å². The lowest BCUT2D eigenvalue weighted by Crippen LogP contribution is -2.33. The van der Waals surface area contributed by atoms with Crippen LogP contribution in [-0.4, -0.2) is 27.1 Å². The second-order valence-electron chi connectivity index (χ2n) is 8.03. The summed E-state index contributed by atoms with van der Waals surface area (Å²) < 4.78 is 26.0. The molecule has 5 nitrogen and oxygen atoms in total. The van der Waals surface area contributed by atoms with Crippen LogP contribution in [0.1, 0.15) is 50.3 Å². The summed E-state index contributed by atoms with van der Waals surface area (Å²) in [5.41, 5.74) is 2.44. The summed E-state index contributed by atoms with van der Waals surface area (Å²) in [6, 6.07) is 15.0. The highest BCUT2D eigenvalue weighted by molar-refractivity contribution is 7.92. The number of anilines is 1. The SMILES string of the molecule is Cc1ccc(Cl)cc1N(CCCC(=O)NC(CC(C)C)c1ccccc1)S(C)(=O)=O. The van der Waals surface area contributed by atoms with Crippen molar-refractivity contribution in [2.75, 3.05) is 17.1 Å². The molecule has 0 spiro atoms. The fraction of sp³-hybridized carbons (Fsp3) is 0.435. The molecule has 164 valence electrons. The molecule has 0 saturated carbocycles. The van der Waals surface area contributed by atoms with Crippen molar-refractivity contribution in [3.63, 3.8) is 0 Å². The van der Waals surface area contributed by atoms with Gasteiger partial charge in [0, 0.05) is 18.0 Å². The number of rotatable bonds is 10. The number of hydrogen-bond donors (Lipinski definition) is 1.